The lowest BCUT2D eigenvalue weighted by atomic mass is 10.1. The topological polar surface area (TPSA) is 43.9 Å². The van der Waals surface area contributed by atoms with Gasteiger partial charge in [-0.25, -0.2) is 9.97 Å². The lowest BCUT2D eigenvalue weighted by Gasteiger charge is -2.12. The van der Waals surface area contributed by atoms with Crippen LogP contribution >= 0.6 is 0 Å². The van der Waals surface area contributed by atoms with E-state index in [0.717, 1.165) is 66.3 Å². The normalized spacial score (nSPS) is 11.8. The summed E-state index contributed by atoms with van der Waals surface area (Å²) in [5.41, 5.74) is 10.2. The third kappa shape index (κ3) is 3.53. The molecule has 0 saturated carbocycles. The van der Waals surface area contributed by atoms with E-state index in [9.17, 15) is 0 Å². The van der Waals surface area contributed by atoms with Crippen molar-refractivity contribution in [1.29, 1.82) is 0 Å². The molecular weight excluding hydrogens is 490 g/mol. The minimum atomic E-state index is 0.646. The van der Waals surface area contributed by atoms with Crippen LogP contribution in [0, 0.1) is 13.8 Å². The Labute approximate surface area is 231 Å². The van der Waals surface area contributed by atoms with Crippen LogP contribution in [0.5, 0.6) is 0 Å². The summed E-state index contributed by atoms with van der Waals surface area (Å²) in [5, 5.41) is 4.49. The van der Waals surface area contributed by atoms with Crippen LogP contribution in [0.25, 0.3) is 72.2 Å². The molecule has 4 nitrogen and oxygen atoms in total. The van der Waals surface area contributed by atoms with E-state index < -0.39 is 0 Å². The molecule has 0 unspecified atom stereocenters. The van der Waals surface area contributed by atoms with Crippen LogP contribution in [0.4, 0.5) is 0 Å². The zero-order valence-electron chi connectivity index (χ0n) is 22.2. The first-order valence-electron chi connectivity index (χ1n) is 13.5. The standard InChI is InChI=1S/C36H25N3O/c1-22-13-15-32-26(17-22)27-20-35-29(28-18-23(2)14-16-34(28)40-35)19-33(27)39(32)36-37-30(24-9-5-3-6-10-24)21-31(38-36)25-11-7-4-8-12-25/h3-21H,1-2H3. The van der Waals surface area contributed by atoms with E-state index in [4.69, 9.17) is 14.4 Å². The molecule has 0 aliphatic carbocycles. The molecule has 0 radical (unpaired) electrons. The van der Waals surface area contributed by atoms with Crippen molar-refractivity contribution in [3.8, 4) is 28.5 Å². The Hall–Kier alpha value is -5.22. The molecule has 3 aromatic heterocycles. The maximum Gasteiger partial charge on any atom is 0.235 e. The summed E-state index contributed by atoms with van der Waals surface area (Å²) in [4.78, 5) is 10.3. The molecule has 4 heteroatoms. The maximum atomic E-state index is 6.32. The molecular formula is C36H25N3O. The molecule has 5 aromatic carbocycles. The molecule has 0 bridgehead atoms. The van der Waals surface area contributed by atoms with Crippen LogP contribution in [0.2, 0.25) is 0 Å². The predicted molar refractivity (Wildman–Crippen MR) is 164 cm³/mol. The Kier molecular flexibility index (Phi) is 4.92. The number of aromatic nitrogens is 3. The summed E-state index contributed by atoms with van der Waals surface area (Å²) in [5.74, 6) is 0.646. The second-order valence-corrected chi connectivity index (χ2v) is 10.5. The van der Waals surface area contributed by atoms with Crippen molar-refractivity contribution in [2.45, 2.75) is 13.8 Å². The highest BCUT2D eigenvalue weighted by molar-refractivity contribution is 6.17. The molecule has 0 amide bonds. The van der Waals surface area contributed by atoms with Crippen molar-refractivity contribution in [3.05, 3.63) is 126 Å². The second-order valence-electron chi connectivity index (χ2n) is 10.5. The van der Waals surface area contributed by atoms with E-state index in [1.165, 1.54) is 11.1 Å². The number of rotatable bonds is 3. The van der Waals surface area contributed by atoms with Gasteiger partial charge in [0.25, 0.3) is 0 Å². The highest BCUT2D eigenvalue weighted by Crippen LogP contribution is 2.39. The Balaban J connectivity index is 1.50. The first kappa shape index (κ1) is 22.7. The van der Waals surface area contributed by atoms with Crippen molar-refractivity contribution in [3.63, 3.8) is 0 Å². The van der Waals surface area contributed by atoms with Crippen molar-refractivity contribution in [1.82, 2.24) is 14.5 Å². The summed E-state index contributed by atoms with van der Waals surface area (Å²) in [6, 6.07) is 40.1. The van der Waals surface area contributed by atoms with Gasteiger partial charge in [0.05, 0.1) is 22.4 Å². The van der Waals surface area contributed by atoms with Crippen molar-refractivity contribution < 1.29 is 4.42 Å². The highest BCUT2D eigenvalue weighted by Gasteiger charge is 2.19. The Bertz CT molecular complexity index is 2170. The van der Waals surface area contributed by atoms with Gasteiger partial charge >= 0.3 is 0 Å². The SMILES string of the molecule is Cc1ccc2oc3cc4c5cc(C)ccc5n(-c5nc(-c6ccccc6)cc(-c6ccccc6)n5)c4cc3c2c1. The molecule has 40 heavy (non-hydrogen) atoms. The third-order valence-corrected chi connectivity index (χ3v) is 7.72. The van der Waals surface area contributed by atoms with Gasteiger partial charge in [0.2, 0.25) is 5.95 Å². The number of hydrogen-bond donors (Lipinski definition) is 0. The molecule has 0 atom stereocenters. The minimum Gasteiger partial charge on any atom is -0.456 e. The Morgan fingerprint density at radius 2 is 1.07 bits per heavy atom. The molecule has 0 spiro atoms. The lowest BCUT2D eigenvalue weighted by molar-refractivity contribution is 0.669. The van der Waals surface area contributed by atoms with E-state index in [0.29, 0.717) is 5.95 Å². The van der Waals surface area contributed by atoms with E-state index in [1.54, 1.807) is 0 Å². The molecule has 0 fully saturated rings. The first-order chi connectivity index (χ1) is 19.6. The van der Waals surface area contributed by atoms with Crippen molar-refractivity contribution in [2.24, 2.45) is 0 Å². The van der Waals surface area contributed by atoms with Crippen LogP contribution in [-0.2, 0) is 0 Å². The number of hydrogen-bond acceptors (Lipinski definition) is 3. The smallest absolute Gasteiger partial charge is 0.235 e. The molecule has 0 saturated heterocycles. The van der Waals surface area contributed by atoms with Gasteiger partial charge in [0.15, 0.2) is 0 Å². The Morgan fingerprint density at radius 3 is 1.75 bits per heavy atom. The lowest BCUT2D eigenvalue weighted by Crippen LogP contribution is -2.04. The largest absolute Gasteiger partial charge is 0.456 e. The van der Waals surface area contributed by atoms with Crippen LogP contribution in [0.3, 0.4) is 0 Å². The van der Waals surface area contributed by atoms with Gasteiger partial charge in [-0.05, 0) is 56.3 Å². The fourth-order valence-electron chi connectivity index (χ4n) is 5.78. The van der Waals surface area contributed by atoms with E-state index in [2.05, 4.69) is 97.3 Å². The average Bonchev–Trinajstić information content (AvgIpc) is 3.50. The molecule has 3 heterocycles. The van der Waals surface area contributed by atoms with Gasteiger partial charge in [-0.2, -0.15) is 0 Å². The van der Waals surface area contributed by atoms with Gasteiger partial charge < -0.3 is 4.42 Å². The van der Waals surface area contributed by atoms with E-state index >= 15 is 0 Å². The number of nitrogens with zero attached hydrogens (tertiary/aromatic N) is 3. The maximum absolute atomic E-state index is 6.32. The number of aryl methyl sites for hydroxylation is 2. The first-order valence-corrected chi connectivity index (χ1v) is 13.5. The molecule has 8 rings (SSSR count). The summed E-state index contributed by atoms with van der Waals surface area (Å²) >= 11 is 0. The van der Waals surface area contributed by atoms with Gasteiger partial charge in [-0.3, -0.25) is 4.57 Å². The summed E-state index contributed by atoms with van der Waals surface area (Å²) in [6.45, 7) is 4.25. The zero-order chi connectivity index (χ0) is 26.8. The van der Waals surface area contributed by atoms with Crippen LogP contribution in [0.1, 0.15) is 11.1 Å². The van der Waals surface area contributed by atoms with Gasteiger partial charge in [-0.1, -0.05) is 83.9 Å². The summed E-state index contributed by atoms with van der Waals surface area (Å²) in [7, 11) is 0. The molecule has 190 valence electrons. The minimum absolute atomic E-state index is 0.646. The molecule has 0 aliphatic rings. The van der Waals surface area contributed by atoms with Gasteiger partial charge in [0.1, 0.15) is 11.2 Å². The second kappa shape index (κ2) is 8.65. The van der Waals surface area contributed by atoms with Crippen LogP contribution in [-0.4, -0.2) is 14.5 Å². The molecule has 8 aromatic rings. The summed E-state index contributed by atoms with van der Waals surface area (Å²) in [6.07, 6.45) is 0. The zero-order valence-corrected chi connectivity index (χ0v) is 22.2. The fourth-order valence-corrected chi connectivity index (χ4v) is 5.78. The Morgan fingerprint density at radius 1 is 0.500 bits per heavy atom. The van der Waals surface area contributed by atoms with E-state index in [-0.39, 0.29) is 0 Å². The van der Waals surface area contributed by atoms with Crippen LogP contribution in [0.15, 0.2) is 120 Å². The third-order valence-electron chi connectivity index (χ3n) is 7.72. The van der Waals surface area contributed by atoms with Crippen LogP contribution < -0.4 is 0 Å². The van der Waals surface area contributed by atoms with Crippen molar-refractivity contribution >= 4 is 43.7 Å². The number of benzene rings is 5. The van der Waals surface area contributed by atoms with Gasteiger partial charge in [-0.15, -0.1) is 0 Å². The number of fused-ring (bicyclic) bond motifs is 6. The fraction of sp³-hybridized carbons (Fsp3) is 0.0556. The highest BCUT2D eigenvalue weighted by atomic mass is 16.3. The molecule has 0 aliphatic heterocycles. The predicted octanol–water partition coefficient (Wildman–Crippen LogP) is 9.42. The van der Waals surface area contributed by atoms with Gasteiger partial charge in [0, 0.05) is 32.7 Å². The quantitative estimate of drug-likeness (QED) is 0.235. The average molecular weight is 516 g/mol. The number of furan rings is 1. The molecule has 0 N–H and O–H groups in total. The van der Waals surface area contributed by atoms with E-state index in [1.807, 2.05) is 36.4 Å². The summed E-state index contributed by atoms with van der Waals surface area (Å²) < 4.78 is 8.53. The van der Waals surface area contributed by atoms with Crippen molar-refractivity contribution in [2.75, 3.05) is 0 Å². The monoisotopic (exact) mass is 515 g/mol.